The Hall–Kier alpha value is -0.920. The van der Waals surface area contributed by atoms with Crippen LogP contribution in [0.4, 0.5) is 0 Å². The van der Waals surface area contributed by atoms with Gasteiger partial charge in [-0.25, -0.2) is 0 Å². The molecule has 0 aliphatic carbocycles. The molecule has 0 aliphatic heterocycles. The fraction of sp³-hybridized carbons (Fsp3) is 0.429. The highest BCUT2D eigenvalue weighted by Gasteiger charge is 1.85. The molecule has 0 spiro atoms. The van der Waals surface area contributed by atoms with Crippen LogP contribution in [0.25, 0.3) is 0 Å². The van der Waals surface area contributed by atoms with E-state index in [0.717, 1.165) is 18.4 Å². The molecule has 0 unspecified atom stereocenters. The summed E-state index contributed by atoms with van der Waals surface area (Å²) in [6, 6.07) is 0. The van der Waals surface area contributed by atoms with E-state index in [1.807, 2.05) is 6.08 Å². The topological polar surface area (TPSA) is 52.0 Å². The zero-order valence-electron chi connectivity index (χ0n) is 5.80. The highest BCUT2D eigenvalue weighted by atomic mass is 14.5. The molecule has 52 valence electrons. The third kappa shape index (κ3) is 3.64. The molecule has 0 rings (SSSR count). The maximum absolute atomic E-state index is 5.28. The van der Waals surface area contributed by atoms with Crippen molar-refractivity contribution in [3.8, 4) is 0 Å². The minimum absolute atomic E-state index is 1.00. The summed E-state index contributed by atoms with van der Waals surface area (Å²) >= 11 is 0. The Morgan fingerprint density at radius 1 is 1.44 bits per heavy atom. The second-order valence-corrected chi connectivity index (χ2v) is 1.85. The van der Waals surface area contributed by atoms with Crippen molar-refractivity contribution in [1.29, 1.82) is 0 Å². The standard InChI is InChI=1S/C7H14N2/c1-2-3-7(6-9)4-5-8/h4-6H,2-3,8-9H2,1H3/b5-4-,7-6-. The van der Waals surface area contributed by atoms with Crippen LogP contribution in [-0.4, -0.2) is 0 Å². The van der Waals surface area contributed by atoms with Crippen LogP contribution in [0.1, 0.15) is 19.8 Å². The molecule has 0 saturated carbocycles. The number of hydrogen-bond donors (Lipinski definition) is 2. The molecular weight excluding hydrogens is 112 g/mol. The van der Waals surface area contributed by atoms with Crippen molar-refractivity contribution in [2.75, 3.05) is 0 Å². The van der Waals surface area contributed by atoms with Crippen LogP contribution >= 0.6 is 0 Å². The average Bonchev–Trinajstić information content (AvgIpc) is 1.88. The normalized spacial score (nSPS) is 12.8. The van der Waals surface area contributed by atoms with E-state index in [4.69, 9.17) is 11.5 Å². The fourth-order valence-corrected chi connectivity index (χ4v) is 0.634. The Balaban J connectivity index is 3.70. The maximum atomic E-state index is 5.28. The largest absolute Gasteiger partial charge is 0.405 e. The molecule has 0 aromatic rings. The van der Waals surface area contributed by atoms with Crippen molar-refractivity contribution in [2.45, 2.75) is 19.8 Å². The molecule has 0 amide bonds. The average molecular weight is 126 g/mol. The number of allylic oxidation sites excluding steroid dienone is 2. The monoisotopic (exact) mass is 126 g/mol. The van der Waals surface area contributed by atoms with Crippen LogP contribution < -0.4 is 11.5 Å². The van der Waals surface area contributed by atoms with Crippen LogP contribution in [0.2, 0.25) is 0 Å². The lowest BCUT2D eigenvalue weighted by atomic mass is 10.2. The molecule has 2 nitrogen and oxygen atoms in total. The Bertz CT molecular complexity index is 114. The molecule has 0 radical (unpaired) electrons. The fourth-order valence-electron chi connectivity index (χ4n) is 0.634. The van der Waals surface area contributed by atoms with Gasteiger partial charge in [-0.05, 0) is 30.5 Å². The minimum Gasteiger partial charge on any atom is -0.405 e. The molecule has 0 bridgehead atoms. The number of hydrogen-bond acceptors (Lipinski definition) is 2. The van der Waals surface area contributed by atoms with Gasteiger partial charge in [-0.15, -0.1) is 0 Å². The summed E-state index contributed by atoms with van der Waals surface area (Å²) in [5, 5.41) is 0. The molecule has 2 heteroatoms. The van der Waals surface area contributed by atoms with E-state index in [9.17, 15) is 0 Å². The van der Waals surface area contributed by atoms with E-state index in [0.29, 0.717) is 0 Å². The van der Waals surface area contributed by atoms with E-state index in [1.165, 1.54) is 6.20 Å². The van der Waals surface area contributed by atoms with Gasteiger partial charge in [0.15, 0.2) is 0 Å². The molecule has 0 atom stereocenters. The third-order valence-electron chi connectivity index (χ3n) is 1.06. The Morgan fingerprint density at radius 3 is 2.44 bits per heavy atom. The smallest absolute Gasteiger partial charge is 0.00292 e. The quantitative estimate of drug-likeness (QED) is 0.556. The van der Waals surface area contributed by atoms with E-state index in [2.05, 4.69) is 6.92 Å². The highest BCUT2D eigenvalue weighted by molar-refractivity contribution is 5.15. The Labute approximate surface area is 56.2 Å². The lowest BCUT2D eigenvalue weighted by Gasteiger charge is -1.94. The molecule has 0 aromatic carbocycles. The number of rotatable bonds is 3. The molecule has 0 aliphatic rings. The summed E-state index contributed by atoms with van der Waals surface area (Å²) < 4.78 is 0. The first kappa shape index (κ1) is 8.08. The second-order valence-electron chi connectivity index (χ2n) is 1.85. The summed E-state index contributed by atoms with van der Waals surface area (Å²) in [6.07, 6.45) is 7.03. The Kier molecular flexibility index (Phi) is 4.69. The van der Waals surface area contributed by atoms with Crippen LogP contribution in [0.15, 0.2) is 24.0 Å². The molecule has 4 N–H and O–H groups in total. The van der Waals surface area contributed by atoms with Crippen molar-refractivity contribution in [3.05, 3.63) is 24.0 Å². The summed E-state index contributed by atoms with van der Waals surface area (Å²) in [5.41, 5.74) is 11.5. The van der Waals surface area contributed by atoms with Gasteiger partial charge in [0.1, 0.15) is 0 Å². The third-order valence-corrected chi connectivity index (χ3v) is 1.06. The first-order valence-corrected chi connectivity index (χ1v) is 3.14. The van der Waals surface area contributed by atoms with Crippen LogP contribution in [0.5, 0.6) is 0 Å². The van der Waals surface area contributed by atoms with Crippen molar-refractivity contribution in [3.63, 3.8) is 0 Å². The zero-order valence-corrected chi connectivity index (χ0v) is 5.80. The molecule has 0 saturated heterocycles. The Morgan fingerprint density at radius 2 is 2.11 bits per heavy atom. The van der Waals surface area contributed by atoms with Gasteiger partial charge in [0.2, 0.25) is 0 Å². The number of nitrogens with two attached hydrogens (primary N) is 2. The maximum Gasteiger partial charge on any atom is -0.00292 e. The van der Waals surface area contributed by atoms with Crippen molar-refractivity contribution >= 4 is 0 Å². The van der Waals surface area contributed by atoms with Gasteiger partial charge in [0.05, 0.1) is 0 Å². The molecule has 0 fully saturated rings. The van der Waals surface area contributed by atoms with Crippen LogP contribution in [-0.2, 0) is 0 Å². The molecule has 9 heavy (non-hydrogen) atoms. The van der Waals surface area contributed by atoms with Crippen LogP contribution in [0, 0.1) is 0 Å². The van der Waals surface area contributed by atoms with Gasteiger partial charge in [-0.1, -0.05) is 13.3 Å². The lowest BCUT2D eigenvalue weighted by Crippen LogP contribution is -1.87. The predicted molar refractivity (Wildman–Crippen MR) is 40.5 cm³/mol. The minimum atomic E-state index is 1.00. The molecule has 0 heterocycles. The van der Waals surface area contributed by atoms with Crippen molar-refractivity contribution in [2.24, 2.45) is 11.5 Å². The lowest BCUT2D eigenvalue weighted by molar-refractivity contribution is 0.922. The van der Waals surface area contributed by atoms with E-state index in [1.54, 1.807) is 6.20 Å². The SMILES string of the molecule is CCCC(/C=C\N)=C/N. The summed E-state index contributed by atoms with van der Waals surface area (Å²) in [7, 11) is 0. The first-order valence-electron chi connectivity index (χ1n) is 3.14. The zero-order chi connectivity index (χ0) is 7.11. The van der Waals surface area contributed by atoms with E-state index < -0.39 is 0 Å². The van der Waals surface area contributed by atoms with Gasteiger partial charge in [0.25, 0.3) is 0 Å². The van der Waals surface area contributed by atoms with Gasteiger partial charge in [-0.3, -0.25) is 0 Å². The van der Waals surface area contributed by atoms with Gasteiger partial charge in [-0.2, -0.15) is 0 Å². The van der Waals surface area contributed by atoms with E-state index in [-0.39, 0.29) is 0 Å². The summed E-state index contributed by atoms with van der Waals surface area (Å²) in [5.74, 6) is 0. The van der Waals surface area contributed by atoms with Crippen molar-refractivity contribution < 1.29 is 0 Å². The predicted octanol–water partition coefficient (Wildman–Crippen LogP) is 1.10. The van der Waals surface area contributed by atoms with Crippen LogP contribution in [0.3, 0.4) is 0 Å². The highest BCUT2D eigenvalue weighted by Crippen LogP contribution is 2.02. The van der Waals surface area contributed by atoms with Gasteiger partial charge >= 0.3 is 0 Å². The van der Waals surface area contributed by atoms with Gasteiger partial charge in [0, 0.05) is 0 Å². The summed E-state index contributed by atoms with van der Waals surface area (Å²) in [6.45, 7) is 2.11. The molecule has 0 aromatic heterocycles. The first-order chi connectivity index (χ1) is 4.35. The second kappa shape index (κ2) is 5.22. The van der Waals surface area contributed by atoms with E-state index >= 15 is 0 Å². The van der Waals surface area contributed by atoms with Crippen molar-refractivity contribution in [1.82, 2.24) is 0 Å². The van der Waals surface area contributed by atoms with Gasteiger partial charge < -0.3 is 11.5 Å². The molecular formula is C7H14N2. The summed E-state index contributed by atoms with van der Waals surface area (Å²) in [4.78, 5) is 0.